The van der Waals surface area contributed by atoms with Crippen molar-refractivity contribution in [3.8, 4) is 22.3 Å². The number of hydrogen-bond donors (Lipinski definition) is 0. The van der Waals surface area contributed by atoms with Gasteiger partial charge in [-0.25, -0.2) is 0 Å². The molecule has 0 amide bonds. The largest absolute Gasteiger partial charge is 0.309 e. The van der Waals surface area contributed by atoms with Crippen LogP contribution in [0.3, 0.4) is 0 Å². The van der Waals surface area contributed by atoms with Gasteiger partial charge in [-0.3, -0.25) is 0 Å². The maximum atomic E-state index is 2.78. The molecule has 0 N–H and O–H groups in total. The van der Waals surface area contributed by atoms with Crippen molar-refractivity contribution in [2.75, 3.05) is 4.90 Å². The number of hydrogen-bond acceptors (Lipinski definition) is 1. The van der Waals surface area contributed by atoms with Gasteiger partial charge in [0.05, 0.1) is 11.1 Å². The van der Waals surface area contributed by atoms with Gasteiger partial charge < -0.3 is 4.90 Å². The summed E-state index contributed by atoms with van der Waals surface area (Å²) in [5.74, 6) is 0. The van der Waals surface area contributed by atoms with Crippen LogP contribution in [0.5, 0.6) is 0 Å². The first-order chi connectivity index (χ1) is 33.0. The van der Waals surface area contributed by atoms with E-state index in [1.165, 1.54) is 138 Å². The van der Waals surface area contributed by atoms with Crippen LogP contribution in [0, 0.1) is 13.8 Å². The number of fused-ring (bicyclic) bond motifs is 6. The lowest BCUT2D eigenvalue weighted by atomic mass is 9.61. The van der Waals surface area contributed by atoms with Crippen LogP contribution in [0.25, 0.3) is 22.3 Å². The van der Waals surface area contributed by atoms with Crippen molar-refractivity contribution in [3.63, 3.8) is 0 Å². The summed E-state index contributed by atoms with van der Waals surface area (Å²) in [5, 5.41) is 0. The molecule has 70 heavy (non-hydrogen) atoms. The van der Waals surface area contributed by atoms with E-state index in [4.69, 9.17) is 0 Å². The molecule has 0 bridgehead atoms. The molecular weight excluding hydrogens is 843 g/mol. The van der Waals surface area contributed by atoms with Gasteiger partial charge in [-0.2, -0.15) is 0 Å². The van der Waals surface area contributed by atoms with Crippen molar-refractivity contribution >= 4 is 17.1 Å². The third kappa shape index (κ3) is 6.76. The molecule has 0 unspecified atom stereocenters. The highest BCUT2D eigenvalue weighted by molar-refractivity contribution is 5.98. The lowest BCUT2D eigenvalue weighted by Crippen LogP contribution is -2.36. The summed E-state index contributed by atoms with van der Waals surface area (Å²) < 4.78 is 0. The second-order valence-corrected chi connectivity index (χ2v) is 26.1. The summed E-state index contributed by atoms with van der Waals surface area (Å²) in [6, 6.07) is 54.8. The zero-order valence-corrected chi connectivity index (χ0v) is 45.0. The molecule has 0 heterocycles. The molecule has 0 radical (unpaired) electrons. The van der Waals surface area contributed by atoms with Crippen molar-refractivity contribution in [1.29, 1.82) is 0 Å². The van der Waals surface area contributed by atoms with E-state index >= 15 is 0 Å². The van der Waals surface area contributed by atoms with E-state index in [0.29, 0.717) is 0 Å². The molecule has 4 aliphatic carbocycles. The average Bonchev–Trinajstić information content (AvgIpc) is 3.62. The maximum absolute atomic E-state index is 2.78. The number of rotatable bonds is 6. The number of benzene rings is 7. The molecular formula is C69H77N. The molecule has 0 spiro atoms. The Morgan fingerprint density at radius 3 is 1.20 bits per heavy atom. The van der Waals surface area contributed by atoms with Gasteiger partial charge in [-0.15, -0.1) is 0 Å². The first-order valence-electron chi connectivity index (χ1n) is 26.7. The molecule has 7 aromatic rings. The Bertz CT molecular complexity index is 3100. The average molecular weight is 920 g/mol. The van der Waals surface area contributed by atoms with Crippen LogP contribution in [0.15, 0.2) is 140 Å². The van der Waals surface area contributed by atoms with E-state index in [9.17, 15) is 0 Å². The Labute approximate surface area is 421 Å². The Morgan fingerprint density at radius 1 is 0.300 bits per heavy atom. The zero-order chi connectivity index (χ0) is 49.6. The van der Waals surface area contributed by atoms with Gasteiger partial charge in [0.2, 0.25) is 0 Å². The number of nitrogens with zero attached hydrogens (tertiary/aromatic N) is 1. The molecule has 0 saturated carbocycles. The molecule has 11 rings (SSSR count). The molecule has 0 atom stereocenters. The first-order valence-corrected chi connectivity index (χ1v) is 26.7. The molecule has 1 heteroatoms. The van der Waals surface area contributed by atoms with Gasteiger partial charge in [-0.1, -0.05) is 198 Å². The highest BCUT2D eigenvalue weighted by atomic mass is 15.2. The zero-order valence-electron chi connectivity index (χ0n) is 45.0. The van der Waals surface area contributed by atoms with Gasteiger partial charge in [0.15, 0.2) is 0 Å². The third-order valence-corrected chi connectivity index (χ3v) is 18.9. The smallest absolute Gasteiger partial charge is 0.0714 e. The second kappa shape index (κ2) is 15.7. The third-order valence-electron chi connectivity index (χ3n) is 18.9. The van der Waals surface area contributed by atoms with E-state index in [-0.39, 0.29) is 32.5 Å². The minimum atomic E-state index is -0.557. The molecule has 0 aromatic heterocycles. The highest BCUT2D eigenvalue weighted by Crippen LogP contribution is 2.62. The van der Waals surface area contributed by atoms with E-state index in [1.807, 2.05) is 0 Å². The van der Waals surface area contributed by atoms with Crippen molar-refractivity contribution in [2.45, 2.75) is 173 Å². The van der Waals surface area contributed by atoms with Gasteiger partial charge >= 0.3 is 0 Å². The molecule has 0 aliphatic heterocycles. The topological polar surface area (TPSA) is 3.24 Å². The number of anilines is 3. The van der Waals surface area contributed by atoms with E-state index in [1.54, 1.807) is 0 Å². The standard InChI is InChI=1S/C69H77N/c1-44-57(34-32-54-60(44)66(9,10)39-36-64(54,5)6)70(58-35-33-55-61(45(58)2)67(11,12)40-37-65(55,7)8)59-43-56-50(42-51(59)49-29-23-31-53-62(49)68(13,14)41-38-63(53,3)4)48-28-21-22-30-52(48)69(56,46-24-17-15-18-25-46)47-26-19-16-20-27-47/h15-35,42-43H,36-41H2,1-14H3. The van der Waals surface area contributed by atoms with Gasteiger partial charge in [-0.05, 0) is 193 Å². The summed E-state index contributed by atoms with van der Waals surface area (Å²) in [6.45, 7) is 34.8. The van der Waals surface area contributed by atoms with Crippen LogP contribution in [-0.2, 0) is 37.9 Å². The van der Waals surface area contributed by atoms with Crippen molar-refractivity contribution in [3.05, 3.63) is 206 Å². The summed E-state index contributed by atoms with van der Waals surface area (Å²) in [4.78, 5) is 2.78. The predicted molar refractivity (Wildman–Crippen MR) is 299 cm³/mol. The van der Waals surface area contributed by atoms with E-state index in [0.717, 1.165) is 6.42 Å². The predicted octanol–water partition coefficient (Wildman–Crippen LogP) is 18.9. The Hall–Kier alpha value is -5.66. The molecule has 0 fully saturated rings. The Balaban J connectivity index is 1.35. The molecule has 7 aromatic carbocycles. The van der Waals surface area contributed by atoms with Crippen LogP contribution in [0.2, 0.25) is 0 Å². The van der Waals surface area contributed by atoms with Crippen LogP contribution in [0.4, 0.5) is 17.1 Å². The van der Waals surface area contributed by atoms with E-state index in [2.05, 4.69) is 241 Å². The van der Waals surface area contributed by atoms with Crippen LogP contribution >= 0.6 is 0 Å². The normalized spacial score (nSPS) is 20.0. The molecule has 358 valence electrons. The fourth-order valence-electron chi connectivity index (χ4n) is 14.7. The van der Waals surface area contributed by atoms with E-state index < -0.39 is 5.41 Å². The summed E-state index contributed by atoms with van der Waals surface area (Å²) in [5.41, 5.74) is 26.0. The SMILES string of the molecule is Cc1c(N(c2cc3c(cc2-c2cccc4c2C(C)(C)CCC4(C)C)-c2ccccc2C3(c2ccccc2)c2ccccc2)c2ccc3c(c2C)C(C)(C)CCC3(C)C)ccc2c1C(C)(C)CCC2(C)C. The molecule has 1 nitrogen and oxygen atoms in total. The minimum Gasteiger partial charge on any atom is -0.309 e. The first kappa shape index (κ1) is 46.7. The van der Waals surface area contributed by atoms with Crippen molar-refractivity contribution in [2.24, 2.45) is 0 Å². The monoisotopic (exact) mass is 920 g/mol. The summed E-state index contributed by atoms with van der Waals surface area (Å²) in [6.07, 6.45) is 7.02. The van der Waals surface area contributed by atoms with Gasteiger partial charge in [0.1, 0.15) is 0 Å². The molecule has 0 saturated heterocycles. The second-order valence-electron chi connectivity index (χ2n) is 26.1. The fraction of sp³-hybridized carbons (Fsp3) is 0.391. The Morgan fingerprint density at radius 2 is 0.700 bits per heavy atom. The molecule has 4 aliphatic rings. The summed E-state index contributed by atoms with van der Waals surface area (Å²) in [7, 11) is 0. The highest BCUT2D eigenvalue weighted by Gasteiger charge is 2.49. The maximum Gasteiger partial charge on any atom is 0.0714 e. The Kier molecular flexibility index (Phi) is 10.5. The van der Waals surface area contributed by atoms with Crippen LogP contribution in [-0.4, -0.2) is 0 Å². The lowest BCUT2D eigenvalue weighted by molar-refractivity contribution is 0.330. The van der Waals surface area contributed by atoms with Crippen LogP contribution in [0.1, 0.15) is 188 Å². The van der Waals surface area contributed by atoms with Gasteiger partial charge in [0.25, 0.3) is 0 Å². The van der Waals surface area contributed by atoms with Crippen molar-refractivity contribution < 1.29 is 0 Å². The lowest BCUT2D eigenvalue weighted by Gasteiger charge is -2.46. The van der Waals surface area contributed by atoms with Crippen molar-refractivity contribution in [1.82, 2.24) is 0 Å². The van der Waals surface area contributed by atoms with Crippen LogP contribution < -0.4 is 4.90 Å². The minimum absolute atomic E-state index is 0.0208. The van der Waals surface area contributed by atoms with Gasteiger partial charge in [0, 0.05) is 16.9 Å². The fourth-order valence-corrected chi connectivity index (χ4v) is 14.7. The summed E-state index contributed by atoms with van der Waals surface area (Å²) >= 11 is 0. The quantitative estimate of drug-likeness (QED) is 0.161.